The molecule has 7 heteroatoms. The molecule has 0 saturated heterocycles. The number of ether oxygens (including phenoxy) is 2. The second-order valence-electron chi connectivity index (χ2n) is 8.33. The zero-order valence-electron chi connectivity index (χ0n) is 18.3. The lowest BCUT2D eigenvalue weighted by atomic mass is 10.1. The Hall–Kier alpha value is -2.96. The predicted octanol–water partition coefficient (Wildman–Crippen LogP) is 5.25. The van der Waals surface area contributed by atoms with Gasteiger partial charge < -0.3 is 19.2 Å². The highest BCUT2D eigenvalue weighted by molar-refractivity contribution is 6.30. The number of amides is 1. The minimum atomic E-state index is -0.190. The van der Waals surface area contributed by atoms with Crippen LogP contribution in [-0.2, 0) is 19.6 Å². The van der Waals surface area contributed by atoms with Crippen LogP contribution in [-0.4, -0.2) is 24.1 Å². The molecule has 1 aromatic heterocycles. The standard InChI is InChI=1S/C25H27ClN2O4/c1-17(2)12-27-25(29)23-10-8-21(32-23)15-28(13-18-3-6-20(26)7-4-18)14-19-5-9-22-24(11-19)31-16-30-22/h3-11,17H,12-16H2,1-2H3,(H,27,29). The quantitative estimate of drug-likeness (QED) is 0.478. The molecule has 4 rings (SSSR count). The van der Waals surface area contributed by atoms with E-state index in [2.05, 4.69) is 24.1 Å². The first-order chi connectivity index (χ1) is 15.5. The first kappa shape index (κ1) is 22.2. The number of carbonyl (C=O) groups excluding carboxylic acids is 1. The molecule has 0 unspecified atom stereocenters. The Morgan fingerprint density at radius 1 is 0.969 bits per heavy atom. The first-order valence-electron chi connectivity index (χ1n) is 10.7. The van der Waals surface area contributed by atoms with Crippen LogP contribution in [0.15, 0.2) is 59.0 Å². The van der Waals surface area contributed by atoms with Crippen molar-refractivity contribution in [3.05, 3.63) is 82.3 Å². The topological polar surface area (TPSA) is 63.9 Å². The van der Waals surface area contributed by atoms with Crippen LogP contribution in [0.1, 0.15) is 41.3 Å². The molecule has 1 N–H and O–H groups in total. The van der Waals surface area contributed by atoms with Crippen molar-refractivity contribution >= 4 is 17.5 Å². The molecule has 1 amide bonds. The van der Waals surface area contributed by atoms with Crippen molar-refractivity contribution < 1.29 is 18.7 Å². The number of furan rings is 1. The number of carbonyl (C=O) groups is 1. The van der Waals surface area contributed by atoms with Crippen molar-refractivity contribution in [2.75, 3.05) is 13.3 Å². The minimum Gasteiger partial charge on any atom is -0.455 e. The third-order valence-corrected chi connectivity index (χ3v) is 5.35. The smallest absolute Gasteiger partial charge is 0.287 e. The van der Waals surface area contributed by atoms with E-state index in [-0.39, 0.29) is 12.7 Å². The summed E-state index contributed by atoms with van der Waals surface area (Å²) in [6, 6.07) is 17.4. The molecule has 0 saturated carbocycles. The van der Waals surface area contributed by atoms with Crippen molar-refractivity contribution in [1.82, 2.24) is 10.2 Å². The van der Waals surface area contributed by atoms with Gasteiger partial charge in [0, 0.05) is 24.7 Å². The normalized spacial score (nSPS) is 12.5. The van der Waals surface area contributed by atoms with Gasteiger partial charge in [0.25, 0.3) is 5.91 Å². The zero-order valence-corrected chi connectivity index (χ0v) is 19.0. The number of nitrogens with one attached hydrogen (secondary N) is 1. The molecule has 0 bridgehead atoms. The zero-order chi connectivity index (χ0) is 22.5. The average molecular weight is 455 g/mol. The van der Waals surface area contributed by atoms with Crippen molar-refractivity contribution in [2.24, 2.45) is 5.92 Å². The highest BCUT2D eigenvalue weighted by Gasteiger charge is 2.17. The van der Waals surface area contributed by atoms with Crippen molar-refractivity contribution in [3.8, 4) is 11.5 Å². The number of hydrogen-bond acceptors (Lipinski definition) is 5. The number of halogens is 1. The van der Waals surface area contributed by atoms with E-state index in [4.69, 9.17) is 25.5 Å². The number of nitrogens with zero attached hydrogens (tertiary/aromatic N) is 1. The lowest BCUT2D eigenvalue weighted by molar-refractivity contribution is 0.0916. The number of fused-ring (bicyclic) bond motifs is 1. The third-order valence-electron chi connectivity index (χ3n) is 5.10. The molecular formula is C25H27ClN2O4. The van der Waals surface area contributed by atoms with Crippen LogP contribution >= 0.6 is 11.6 Å². The fraction of sp³-hybridized carbons (Fsp3) is 0.320. The van der Waals surface area contributed by atoms with E-state index in [9.17, 15) is 4.79 Å². The summed E-state index contributed by atoms with van der Waals surface area (Å²) in [7, 11) is 0. The van der Waals surface area contributed by atoms with Crippen LogP contribution in [0.4, 0.5) is 0 Å². The maximum absolute atomic E-state index is 12.3. The van der Waals surface area contributed by atoms with Crippen LogP contribution in [0.2, 0.25) is 5.02 Å². The van der Waals surface area contributed by atoms with Gasteiger partial charge in [-0.3, -0.25) is 9.69 Å². The van der Waals surface area contributed by atoms with E-state index in [1.807, 2.05) is 48.5 Å². The van der Waals surface area contributed by atoms with Gasteiger partial charge in [0.05, 0.1) is 6.54 Å². The highest BCUT2D eigenvalue weighted by Crippen LogP contribution is 2.33. The van der Waals surface area contributed by atoms with Crippen molar-refractivity contribution in [1.29, 1.82) is 0 Å². The molecule has 0 atom stereocenters. The van der Waals surface area contributed by atoms with E-state index in [0.29, 0.717) is 42.9 Å². The summed E-state index contributed by atoms with van der Waals surface area (Å²) in [5.41, 5.74) is 2.24. The van der Waals surface area contributed by atoms with Gasteiger partial charge in [-0.2, -0.15) is 0 Å². The van der Waals surface area contributed by atoms with Gasteiger partial charge in [-0.1, -0.05) is 43.6 Å². The SMILES string of the molecule is CC(C)CNC(=O)c1ccc(CN(Cc2ccc(Cl)cc2)Cc2ccc3c(c2)OCO3)o1. The van der Waals surface area contributed by atoms with E-state index in [1.165, 1.54) is 0 Å². The van der Waals surface area contributed by atoms with Crippen LogP contribution < -0.4 is 14.8 Å². The molecule has 0 fully saturated rings. The Balaban J connectivity index is 1.48. The highest BCUT2D eigenvalue weighted by atomic mass is 35.5. The summed E-state index contributed by atoms with van der Waals surface area (Å²) < 4.78 is 16.8. The van der Waals surface area contributed by atoms with E-state index < -0.39 is 0 Å². The lowest BCUT2D eigenvalue weighted by Gasteiger charge is -2.22. The predicted molar refractivity (Wildman–Crippen MR) is 123 cm³/mol. The molecule has 0 spiro atoms. The second-order valence-corrected chi connectivity index (χ2v) is 8.77. The Bertz CT molecular complexity index is 1060. The van der Waals surface area contributed by atoms with Gasteiger partial charge in [0.15, 0.2) is 17.3 Å². The minimum absolute atomic E-state index is 0.190. The maximum atomic E-state index is 12.3. The summed E-state index contributed by atoms with van der Waals surface area (Å²) in [6.45, 7) is 6.89. The Labute approximate surface area is 193 Å². The number of hydrogen-bond donors (Lipinski definition) is 1. The summed E-state index contributed by atoms with van der Waals surface area (Å²) in [4.78, 5) is 14.6. The summed E-state index contributed by atoms with van der Waals surface area (Å²) in [6.07, 6.45) is 0. The first-order valence-corrected chi connectivity index (χ1v) is 11.1. The molecule has 168 valence electrons. The maximum Gasteiger partial charge on any atom is 0.287 e. The van der Waals surface area contributed by atoms with Crippen molar-refractivity contribution in [3.63, 3.8) is 0 Å². The third kappa shape index (κ3) is 5.84. The molecule has 2 heterocycles. The monoisotopic (exact) mass is 454 g/mol. The summed E-state index contributed by atoms with van der Waals surface area (Å²) in [5.74, 6) is 2.77. The summed E-state index contributed by atoms with van der Waals surface area (Å²) in [5, 5.41) is 3.60. The van der Waals surface area contributed by atoms with Crippen LogP contribution in [0.25, 0.3) is 0 Å². The van der Waals surface area contributed by atoms with E-state index in [1.54, 1.807) is 6.07 Å². The molecule has 32 heavy (non-hydrogen) atoms. The fourth-order valence-electron chi connectivity index (χ4n) is 3.50. The molecular weight excluding hydrogens is 428 g/mol. The number of rotatable bonds is 9. The number of benzene rings is 2. The van der Waals surface area contributed by atoms with E-state index >= 15 is 0 Å². The van der Waals surface area contributed by atoms with Crippen LogP contribution in [0.5, 0.6) is 11.5 Å². The summed E-state index contributed by atoms with van der Waals surface area (Å²) >= 11 is 6.05. The van der Waals surface area contributed by atoms with Gasteiger partial charge >= 0.3 is 0 Å². The van der Waals surface area contributed by atoms with Crippen LogP contribution in [0, 0.1) is 5.92 Å². The lowest BCUT2D eigenvalue weighted by Crippen LogP contribution is -2.27. The largest absolute Gasteiger partial charge is 0.455 e. The Kier molecular flexibility index (Phi) is 7.02. The van der Waals surface area contributed by atoms with Gasteiger partial charge in [-0.15, -0.1) is 0 Å². The molecule has 3 aromatic rings. The molecule has 1 aliphatic rings. The van der Waals surface area contributed by atoms with Gasteiger partial charge in [-0.25, -0.2) is 0 Å². The molecule has 0 radical (unpaired) electrons. The molecule has 2 aromatic carbocycles. The molecule has 1 aliphatic heterocycles. The van der Waals surface area contributed by atoms with Gasteiger partial charge in [-0.05, 0) is 53.4 Å². The molecule has 6 nitrogen and oxygen atoms in total. The Morgan fingerprint density at radius 2 is 1.69 bits per heavy atom. The fourth-order valence-corrected chi connectivity index (χ4v) is 3.63. The van der Waals surface area contributed by atoms with E-state index in [0.717, 1.165) is 28.4 Å². The second kappa shape index (κ2) is 10.1. The van der Waals surface area contributed by atoms with Crippen LogP contribution in [0.3, 0.4) is 0 Å². The Morgan fingerprint density at radius 3 is 2.47 bits per heavy atom. The van der Waals surface area contributed by atoms with Gasteiger partial charge in [0.2, 0.25) is 6.79 Å². The van der Waals surface area contributed by atoms with Gasteiger partial charge in [0.1, 0.15) is 5.76 Å². The molecule has 0 aliphatic carbocycles. The average Bonchev–Trinajstić information content (AvgIpc) is 3.43. The van der Waals surface area contributed by atoms with Crippen molar-refractivity contribution in [2.45, 2.75) is 33.5 Å².